The molecule has 0 aliphatic carbocycles. The maximum atomic E-state index is 5.50. The summed E-state index contributed by atoms with van der Waals surface area (Å²) in [4.78, 5) is 0. The van der Waals surface area contributed by atoms with Crippen molar-refractivity contribution in [1.29, 1.82) is 0 Å². The van der Waals surface area contributed by atoms with Gasteiger partial charge in [-0.3, -0.25) is 0 Å². The zero-order valence-electron chi connectivity index (χ0n) is 9.69. The highest BCUT2D eigenvalue weighted by molar-refractivity contribution is 9.10. The average molecular weight is 299 g/mol. The largest absolute Gasteiger partial charge is 0.368 e. The van der Waals surface area contributed by atoms with Gasteiger partial charge in [-0.05, 0) is 37.5 Å². The minimum Gasteiger partial charge on any atom is -0.368 e. The predicted molar refractivity (Wildman–Crippen MR) is 77.8 cm³/mol. The van der Waals surface area contributed by atoms with Crippen LogP contribution in [0.1, 0.15) is 11.7 Å². The van der Waals surface area contributed by atoms with Crippen molar-refractivity contribution in [3.05, 3.63) is 58.6 Å². The molecule has 1 saturated heterocycles. The standard InChI is InChI=1S/C16H11BrO/c17-16-13-8-4-2-6-11(13)10-5-1-3-7-12(10)15(16)14-9-18-14/h1-8,14H,9H2/t14-/m0/s1. The minimum atomic E-state index is 0.258. The van der Waals surface area contributed by atoms with E-state index in [1.807, 2.05) is 0 Å². The molecule has 0 amide bonds. The highest BCUT2D eigenvalue weighted by Crippen LogP contribution is 2.44. The van der Waals surface area contributed by atoms with E-state index in [4.69, 9.17) is 4.74 Å². The predicted octanol–water partition coefficient (Wildman–Crippen LogP) is 4.83. The van der Waals surface area contributed by atoms with Crippen molar-refractivity contribution in [3.63, 3.8) is 0 Å². The summed E-state index contributed by atoms with van der Waals surface area (Å²) in [6.45, 7) is 0.834. The van der Waals surface area contributed by atoms with E-state index in [-0.39, 0.29) is 6.10 Å². The van der Waals surface area contributed by atoms with Crippen LogP contribution in [0.4, 0.5) is 0 Å². The summed E-state index contributed by atoms with van der Waals surface area (Å²) in [7, 11) is 0. The van der Waals surface area contributed by atoms with E-state index in [0.717, 1.165) is 6.61 Å². The smallest absolute Gasteiger partial charge is 0.108 e. The fraction of sp³-hybridized carbons (Fsp3) is 0.125. The van der Waals surface area contributed by atoms with Crippen LogP contribution in [0.25, 0.3) is 21.5 Å². The highest BCUT2D eigenvalue weighted by atomic mass is 79.9. The lowest BCUT2D eigenvalue weighted by Gasteiger charge is -2.12. The molecule has 1 aliphatic heterocycles. The van der Waals surface area contributed by atoms with Gasteiger partial charge in [-0.1, -0.05) is 48.5 Å². The second-order valence-corrected chi connectivity index (χ2v) is 5.43. The lowest BCUT2D eigenvalue weighted by Crippen LogP contribution is -1.89. The van der Waals surface area contributed by atoms with Gasteiger partial charge < -0.3 is 4.74 Å². The Balaban J connectivity index is 2.27. The van der Waals surface area contributed by atoms with E-state index < -0.39 is 0 Å². The first kappa shape index (κ1) is 10.5. The number of halogens is 1. The molecule has 3 aromatic rings. The minimum absolute atomic E-state index is 0.258. The first-order chi connectivity index (χ1) is 8.86. The van der Waals surface area contributed by atoms with Gasteiger partial charge in [0.15, 0.2) is 0 Å². The molecule has 0 unspecified atom stereocenters. The first-order valence-electron chi connectivity index (χ1n) is 6.06. The molecule has 0 spiro atoms. The monoisotopic (exact) mass is 298 g/mol. The van der Waals surface area contributed by atoms with Crippen molar-refractivity contribution in [1.82, 2.24) is 0 Å². The molecular weight excluding hydrogens is 288 g/mol. The van der Waals surface area contributed by atoms with Crippen LogP contribution in [0, 0.1) is 0 Å². The third-order valence-electron chi connectivity index (χ3n) is 3.56. The van der Waals surface area contributed by atoms with Crippen molar-refractivity contribution in [3.8, 4) is 0 Å². The number of fused-ring (bicyclic) bond motifs is 3. The van der Waals surface area contributed by atoms with Gasteiger partial charge in [-0.15, -0.1) is 0 Å². The van der Waals surface area contributed by atoms with Gasteiger partial charge in [-0.25, -0.2) is 0 Å². The van der Waals surface area contributed by atoms with Gasteiger partial charge in [0.2, 0.25) is 0 Å². The van der Waals surface area contributed by atoms with E-state index in [1.54, 1.807) is 0 Å². The molecule has 1 atom stereocenters. The van der Waals surface area contributed by atoms with Crippen LogP contribution in [0.3, 0.4) is 0 Å². The average Bonchev–Trinajstić information content (AvgIpc) is 3.24. The number of epoxide rings is 1. The summed E-state index contributed by atoms with van der Waals surface area (Å²) in [6.07, 6.45) is 0.258. The Morgan fingerprint density at radius 2 is 1.33 bits per heavy atom. The Hall–Kier alpha value is -1.38. The molecule has 0 bridgehead atoms. The molecule has 0 saturated carbocycles. The fourth-order valence-corrected chi connectivity index (χ4v) is 3.47. The molecular formula is C16H11BrO. The van der Waals surface area contributed by atoms with Crippen LogP contribution in [0.5, 0.6) is 0 Å². The van der Waals surface area contributed by atoms with Gasteiger partial charge >= 0.3 is 0 Å². The molecule has 1 heterocycles. The van der Waals surface area contributed by atoms with Gasteiger partial charge in [0.25, 0.3) is 0 Å². The van der Waals surface area contributed by atoms with Crippen molar-refractivity contribution in [2.24, 2.45) is 0 Å². The second-order valence-electron chi connectivity index (χ2n) is 4.64. The molecule has 2 heteroatoms. The zero-order valence-corrected chi connectivity index (χ0v) is 11.3. The van der Waals surface area contributed by atoms with Crippen LogP contribution >= 0.6 is 15.9 Å². The summed E-state index contributed by atoms with van der Waals surface area (Å²) in [5, 5.41) is 5.17. The summed E-state index contributed by atoms with van der Waals surface area (Å²) < 4.78 is 6.68. The normalized spacial score (nSPS) is 18.4. The van der Waals surface area contributed by atoms with E-state index in [2.05, 4.69) is 64.5 Å². The van der Waals surface area contributed by atoms with Crippen LogP contribution < -0.4 is 0 Å². The molecule has 0 N–H and O–H groups in total. The fourth-order valence-electron chi connectivity index (χ4n) is 2.66. The molecule has 18 heavy (non-hydrogen) atoms. The van der Waals surface area contributed by atoms with E-state index >= 15 is 0 Å². The van der Waals surface area contributed by atoms with Crippen molar-refractivity contribution >= 4 is 37.5 Å². The van der Waals surface area contributed by atoms with Gasteiger partial charge in [0, 0.05) is 10.0 Å². The molecule has 1 nitrogen and oxygen atoms in total. The van der Waals surface area contributed by atoms with Crippen molar-refractivity contribution < 1.29 is 4.74 Å². The lowest BCUT2D eigenvalue weighted by atomic mass is 9.96. The molecule has 88 valence electrons. The molecule has 4 rings (SSSR count). The zero-order chi connectivity index (χ0) is 12.1. The molecule has 0 radical (unpaired) electrons. The number of benzene rings is 3. The van der Waals surface area contributed by atoms with Crippen molar-refractivity contribution in [2.45, 2.75) is 6.10 Å². The van der Waals surface area contributed by atoms with Crippen LogP contribution in [-0.4, -0.2) is 6.61 Å². The van der Waals surface area contributed by atoms with Gasteiger partial charge in [0.1, 0.15) is 6.10 Å². The Labute approximate surface area is 113 Å². The Morgan fingerprint density at radius 3 is 1.94 bits per heavy atom. The number of hydrogen-bond acceptors (Lipinski definition) is 1. The Morgan fingerprint density at radius 1 is 0.833 bits per heavy atom. The quantitative estimate of drug-likeness (QED) is 0.463. The molecule has 1 fully saturated rings. The van der Waals surface area contributed by atoms with Gasteiger partial charge in [-0.2, -0.15) is 0 Å². The van der Waals surface area contributed by atoms with Crippen molar-refractivity contribution in [2.75, 3.05) is 6.61 Å². The van der Waals surface area contributed by atoms with Gasteiger partial charge in [0.05, 0.1) is 6.61 Å². The SMILES string of the molecule is Brc1c([C@@H]2CO2)c2ccccc2c2ccccc12. The molecule has 3 aromatic carbocycles. The van der Waals surface area contributed by atoms with E-state index in [9.17, 15) is 0 Å². The maximum Gasteiger partial charge on any atom is 0.108 e. The third kappa shape index (κ3) is 1.43. The van der Waals surface area contributed by atoms with E-state index in [0.29, 0.717) is 0 Å². The topological polar surface area (TPSA) is 12.5 Å². The number of rotatable bonds is 1. The van der Waals surface area contributed by atoms with Crippen LogP contribution in [0.2, 0.25) is 0 Å². The Kier molecular flexibility index (Phi) is 2.23. The lowest BCUT2D eigenvalue weighted by molar-refractivity contribution is 0.416. The van der Waals surface area contributed by atoms with Crippen LogP contribution in [-0.2, 0) is 4.74 Å². The summed E-state index contributed by atoms with van der Waals surface area (Å²) in [5.41, 5.74) is 1.30. The first-order valence-corrected chi connectivity index (χ1v) is 6.86. The highest BCUT2D eigenvalue weighted by Gasteiger charge is 2.29. The number of hydrogen-bond donors (Lipinski definition) is 0. The maximum absolute atomic E-state index is 5.50. The number of ether oxygens (including phenoxy) is 1. The summed E-state index contributed by atoms with van der Waals surface area (Å²) in [5.74, 6) is 0. The molecule has 0 aromatic heterocycles. The second kappa shape index (κ2) is 3.81. The van der Waals surface area contributed by atoms with E-state index in [1.165, 1.54) is 31.6 Å². The van der Waals surface area contributed by atoms with Crippen LogP contribution in [0.15, 0.2) is 53.0 Å². The summed E-state index contributed by atoms with van der Waals surface area (Å²) >= 11 is 3.76. The Bertz CT molecular complexity index is 759. The molecule has 1 aliphatic rings. The summed E-state index contributed by atoms with van der Waals surface area (Å²) in [6, 6.07) is 17.1. The third-order valence-corrected chi connectivity index (χ3v) is 4.42.